The molecule has 1 N–H and O–H groups in total. The minimum absolute atomic E-state index is 0.0280. The quantitative estimate of drug-likeness (QED) is 0.904. The van der Waals surface area contributed by atoms with Crippen LogP contribution < -0.4 is 5.32 Å². The van der Waals surface area contributed by atoms with E-state index in [2.05, 4.69) is 53.4 Å². The van der Waals surface area contributed by atoms with E-state index >= 15 is 0 Å². The molecule has 0 aliphatic carbocycles. The fourth-order valence-corrected chi connectivity index (χ4v) is 3.12. The van der Waals surface area contributed by atoms with Crippen molar-refractivity contribution < 1.29 is 4.74 Å². The lowest BCUT2D eigenvalue weighted by atomic mass is 10.00. The Morgan fingerprint density at radius 3 is 2.50 bits per heavy atom. The normalized spacial score (nSPS) is 22.5. The van der Waals surface area contributed by atoms with E-state index in [-0.39, 0.29) is 17.7 Å². The Morgan fingerprint density at radius 1 is 1.17 bits per heavy atom. The van der Waals surface area contributed by atoms with Crippen LogP contribution in [0.2, 0.25) is 0 Å². The molecule has 1 fully saturated rings. The molecule has 130 valence electrons. The first-order chi connectivity index (χ1) is 11.5. The number of para-hydroxylation sites is 1. The van der Waals surface area contributed by atoms with Gasteiger partial charge in [0.1, 0.15) is 0 Å². The third-order valence-electron chi connectivity index (χ3n) is 4.43. The first-order valence-electron chi connectivity index (χ1n) is 8.44. The summed E-state index contributed by atoms with van der Waals surface area (Å²) < 4.78 is 7.56. The van der Waals surface area contributed by atoms with Gasteiger partial charge in [0.15, 0.2) is 0 Å². The fourth-order valence-electron chi connectivity index (χ4n) is 3.12. The molecule has 1 saturated heterocycles. The second kappa shape index (κ2) is 6.86. The number of nitrogens with one attached hydrogen (secondary N) is 1. The summed E-state index contributed by atoms with van der Waals surface area (Å²) in [5, 5.41) is 15.4. The highest BCUT2D eigenvalue weighted by Gasteiger charge is 2.33. The van der Waals surface area contributed by atoms with Crippen molar-refractivity contribution in [2.75, 3.05) is 25.0 Å². The van der Waals surface area contributed by atoms with Crippen LogP contribution in [-0.2, 0) is 4.74 Å². The smallest absolute Gasteiger partial charge is 0.247 e. The summed E-state index contributed by atoms with van der Waals surface area (Å²) in [6.45, 7) is 11.3. The summed E-state index contributed by atoms with van der Waals surface area (Å²) in [4.78, 5) is 2.47. The maximum absolute atomic E-state index is 5.84. The molecule has 0 bridgehead atoms. The van der Waals surface area contributed by atoms with Crippen LogP contribution in [0.1, 0.15) is 27.7 Å². The van der Waals surface area contributed by atoms with Gasteiger partial charge in [0, 0.05) is 25.2 Å². The van der Waals surface area contributed by atoms with Gasteiger partial charge < -0.3 is 10.1 Å². The molecule has 2 atom stereocenters. The Hall–Kier alpha value is -1.99. The highest BCUT2D eigenvalue weighted by molar-refractivity contribution is 5.38. The van der Waals surface area contributed by atoms with E-state index in [0.717, 1.165) is 25.3 Å². The summed E-state index contributed by atoms with van der Waals surface area (Å²) in [5.41, 5.74) is 0.913. The number of tetrazole rings is 1. The van der Waals surface area contributed by atoms with Crippen molar-refractivity contribution in [1.29, 1.82) is 0 Å². The zero-order valence-corrected chi connectivity index (χ0v) is 14.8. The lowest BCUT2D eigenvalue weighted by Crippen LogP contribution is -2.57. The summed E-state index contributed by atoms with van der Waals surface area (Å²) >= 11 is 0. The number of rotatable bonds is 5. The van der Waals surface area contributed by atoms with Crippen molar-refractivity contribution in [3.63, 3.8) is 0 Å². The molecule has 1 aromatic heterocycles. The minimum Gasteiger partial charge on any atom is -0.373 e. The monoisotopic (exact) mass is 330 g/mol. The molecule has 1 aliphatic rings. The minimum atomic E-state index is -0.0280. The molecule has 0 unspecified atom stereocenters. The number of hydrogen-bond acceptors (Lipinski definition) is 6. The zero-order chi connectivity index (χ0) is 17.2. The number of ether oxygens (including phenoxy) is 1. The molecule has 0 amide bonds. The summed E-state index contributed by atoms with van der Waals surface area (Å²) in [5.74, 6) is 0.656. The van der Waals surface area contributed by atoms with E-state index in [9.17, 15) is 0 Å². The van der Waals surface area contributed by atoms with Crippen molar-refractivity contribution in [2.24, 2.45) is 0 Å². The lowest BCUT2D eigenvalue weighted by molar-refractivity contribution is -0.0933. The van der Waals surface area contributed by atoms with Crippen LogP contribution in [0.5, 0.6) is 0 Å². The number of morpholine rings is 1. The van der Waals surface area contributed by atoms with Gasteiger partial charge in [-0.3, -0.25) is 4.90 Å². The van der Waals surface area contributed by atoms with Gasteiger partial charge in [0.2, 0.25) is 5.95 Å². The second-order valence-electron chi connectivity index (χ2n) is 7.08. The van der Waals surface area contributed by atoms with Crippen molar-refractivity contribution in [2.45, 2.75) is 45.4 Å². The molecule has 0 radical (unpaired) electrons. The van der Waals surface area contributed by atoms with Crippen molar-refractivity contribution in [3.05, 3.63) is 30.3 Å². The molecule has 24 heavy (non-hydrogen) atoms. The molecule has 7 heteroatoms. The predicted molar refractivity (Wildman–Crippen MR) is 93.3 cm³/mol. The van der Waals surface area contributed by atoms with Crippen LogP contribution in [0.25, 0.3) is 5.69 Å². The summed E-state index contributed by atoms with van der Waals surface area (Å²) in [7, 11) is 0. The van der Waals surface area contributed by atoms with Crippen LogP contribution in [0.4, 0.5) is 5.95 Å². The van der Waals surface area contributed by atoms with Crippen LogP contribution in [0, 0.1) is 0 Å². The van der Waals surface area contributed by atoms with E-state index in [1.165, 1.54) is 0 Å². The molecular weight excluding hydrogens is 304 g/mol. The molecule has 3 rings (SSSR count). The fraction of sp³-hybridized carbons (Fsp3) is 0.588. The van der Waals surface area contributed by atoms with Gasteiger partial charge in [-0.1, -0.05) is 23.3 Å². The van der Waals surface area contributed by atoms with E-state index in [1.807, 2.05) is 30.3 Å². The molecule has 2 aromatic rings. The Labute approximate surface area is 143 Å². The van der Waals surface area contributed by atoms with E-state index in [0.29, 0.717) is 5.95 Å². The third-order valence-corrected chi connectivity index (χ3v) is 4.43. The highest BCUT2D eigenvalue weighted by atomic mass is 16.5. The number of nitrogens with zero attached hydrogens (tertiary/aromatic N) is 5. The van der Waals surface area contributed by atoms with Gasteiger partial charge in [-0.15, -0.1) is 0 Å². The van der Waals surface area contributed by atoms with Gasteiger partial charge in [-0.25, -0.2) is 0 Å². The molecule has 0 spiro atoms. The maximum Gasteiger partial charge on any atom is 0.247 e. The average molecular weight is 330 g/mol. The standard InChI is InChI=1S/C17H26N6O/c1-13-10-22(11-14(2)24-13)17(3,4)12-18-16-19-20-21-23(16)15-8-6-5-7-9-15/h5-9,13-14H,10-12H2,1-4H3,(H,18,19,21)/t13-,14+. The second-order valence-corrected chi connectivity index (χ2v) is 7.08. The largest absolute Gasteiger partial charge is 0.373 e. The van der Waals surface area contributed by atoms with Gasteiger partial charge in [0.25, 0.3) is 0 Å². The number of benzene rings is 1. The summed E-state index contributed by atoms with van der Waals surface area (Å²) in [6.07, 6.45) is 0.505. The van der Waals surface area contributed by atoms with E-state index in [4.69, 9.17) is 4.74 Å². The maximum atomic E-state index is 5.84. The van der Waals surface area contributed by atoms with Gasteiger partial charge in [-0.2, -0.15) is 4.68 Å². The lowest BCUT2D eigenvalue weighted by Gasteiger charge is -2.45. The number of anilines is 1. The van der Waals surface area contributed by atoms with Crippen LogP contribution in [0.3, 0.4) is 0 Å². The van der Waals surface area contributed by atoms with Crippen LogP contribution in [-0.4, -0.2) is 62.5 Å². The van der Waals surface area contributed by atoms with E-state index in [1.54, 1.807) is 4.68 Å². The van der Waals surface area contributed by atoms with Gasteiger partial charge in [0.05, 0.1) is 17.9 Å². The first-order valence-corrected chi connectivity index (χ1v) is 8.44. The van der Waals surface area contributed by atoms with Crippen molar-refractivity contribution in [3.8, 4) is 5.69 Å². The average Bonchev–Trinajstić information content (AvgIpc) is 3.01. The van der Waals surface area contributed by atoms with Gasteiger partial charge in [-0.05, 0) is 50.3 Å². The van der Waals surface area contributed by atoms with Crippen LogP contribution in [0.15, 0.2) is 30.3 Å². The zero-order valence-electron chi connectivity index (χ0n) is 14.8. The highest BCUT2D eigenvalue weighted by Crippen LogP contribution is 2.22. The molecular formula is C17H26N6O. The molecule has 7 nitrogen and oxygen atoms in total. The Morgan fingerprint density at radius 2 is 1.83 bits per heavy atom. The van der Waals surface area contributed by atoms with Crippen molar-refractivity contribution >= 4 is 5.95 Å². The molecule has 1 aliphatic heterocycles. The number of hydrogen-bond donors (Lipinski definition) is 1. The van der Waals surface area contributed by atoms with Gasteiger partial charge >= 0.3 is 0 Å². The Balaban J connectivity index is 1.68. The molecule has 0 saturated carbocycles. The molecule has 1 aromatic carbocycles. The predicted octanol–water partition coefficient (Wildman–Crippen LogP) is 1.96. The Bertz CT molecular complexity index is 646. The topological polar surface area (TPSA) is 68.1 Å². The first kappa shape index (κ1) is 16.9. The Kier molecular flexibility index (Phi) is 4.82. The number of aromatic nitrogens is 4. The molecule has 2 heterocycles. The van der Waals surface area contributed by atoms with E-state index < -0.39 is 0 Å². The van der Waals surface area contributed by atoms with Crippen LogP contribution >= 0.6 is 0 Å². The SMILES string of the molecule is C[C@@H]1CN(C(C)(C)CNc2nnnn2-c2ccccc2)C[C@H](C)O1. The summed E-state index contributed by atoms with van der Waals surface area (Å²) in [6, 6.07) is 9.89. The third kappa shape index (κ3) is 3.73. The van der Waals surface area contributed by atoms with Crippen molar-refractivity contribution in [1.82, 2.24) is 25.1 Å².